The van der Waals surface area contributed by atoms with Crippen LogP contribution in [0.15, 0.2) is 12.1 Å². The third kappa shape index (κ3) is 3.31. The van der Waals surface area contributed by atoms with E-state index in [1.54, 1.807) is 6.07 Å². The Bertz CT molecular complexity index is 352. The van der Waals surface area contributed by atoms with Gasteiger partial charge in [-0.1, -0.05) is 6.07 Å². The number of carboxylic acids is 1. The van der Waals surface area contributed by atoms with Crippen molar-refractivity contribution in [2.45, 2.75) is 26.2 Å². The van der Waals surface area contributed by atoms with Crippen LogP contribution in [-0.4, -0.2) is 11.1 Å². The van der Waals surface area contributed by atoms with Gasteiger partial charge in [-0.3, -0.25) is 4.79 Å². The van der Waals surface area contributed by atoms with Gasteiger partial charge < -0.3 is 5.11 Å². The Labute approximate surface area is 86.5 Å². The van der Waals surface area contributed by atoms with Gasteiger partial charge in [0.2, 0.25) is 0 Å². The molecule has 0 spiro atoms. The highest BCUT2D eigenvalue weighted by molar-refractivity contribution is 5.66. The first-order valence-electron chi connectivity index (χ1n) is 4.67. The maximum absolute atomic E-state index is 12.9. The van der Waals surface area contributed by atoms with E-state index in [-0.39, 0.29) is 12.0 Å². The summed E-state index contributed by atoms with van der Waals surface area (Å²) >= 11 is 0. The molecule has 0 fully saturated rings. The molecule has 4 heteroatoms. The van der Waals surface area contributed by atoms with Crippen LogP contribution in [0.3, 0.4) is 0 Å². The van der Waals surface area contributed by atoms with Gasteiger partial charge in [-0.25, -0.2) is 8.78 Å². The number of aliphatic carboxylic acids is 1. The SMILES string of the molecule is Cc1cc(CCCC(=O)O)cc(F)c1F. The van der Waals surface area contributed by atoms with Crippen LogP contribution in [0.1, 0.15) is 24.0 Å². The van der Waals surface area contributed by atoms with Crippen LogP contribution >= 0.6 is 0 Å². The highest BCUT2D eigenvalue weighted by Crippen LogP contribution is 2.15. The molecule has 82 valence electrons. The molecule has 0 aliphatic heterocycles. The first-order chi connectivity index (χ1) is 7.00. The normalized spacial score (nSPS) is 10.3. The quantitative estimate of drug-likeness (QED) is 0.836. The molecule has 0 aliphatic carbocycles. The Balaban J connectivity index is 2.66. The third-order valence-electron chi connectivity index (χ3n) is 2.13. The smallest absolute Gasteiger partial charge is 0.303 e. The van der Waals surface area contributed by atoms with Gasteiger partial charge in [0.15, 0.2) is 11.6 Å². The predicted octanol–water partition coefficient (Wildman–Crippen LogP) is 2.68. The molecular formula is C11H12F2O2. The van der Waals surface area contributed by atoms with Crippen molar-refractivity contribution in [1.82, 2.24) is 0 Å². The summed E-state index contributed by atoms with van der Waals surface area (Å²) < 4.78 is 25.8. The number of rotatable bonds is 4. The number of carbonyl (C=O) groups is 1. The summed E-state index contributed by atoms with van der Waals surface area (Å²) in [5, 5.41) is 8.41. The maximum Gasteiger partial charge on any atom is 0.303 e. The lowest BCUT2D eigenvalue weighted by atomic mass is 10.1. The van der Waals surface area contributed by atoms with Crippen LogP contribution in [-0.2, 0) is 11.2 Å². The van der Waals surface area contributed by atoms with E-state index in [2.05, 4.69) is 0 Å². The number of hydrogen-bond donors (Lipinski definition) is 1. The first kappa shape index (κ1) is 11.6. The molecule has 0 aromatic heterocycles. The van der Waals surface area contributed by atoms with Gasteiger partial charge in [-0.2, -0.15) is 0 Å². The van der Waals surface area contributed by atoms with Gasteiger partial charge in [-0.15, -0.1) is 0 Å². The van der Waals surface area contributed by atoms with Crippen molar-refractivity contribution < 1.29 is 18.7 Å². The van der Waals surface area contributed by atoms with E-state index < -0.39 is 17.6 Å². The van der Waals surface area contributed by atoms with Crippen LogP contribution < -0.4 is 0 Å². The van der Waals surface area contributed by atoms with E-state index in [0.717, 1.165) is 6.07 Å². The standard InChI is InChI=1S/C11H12F2O2/c1-7-5-8(3-2-4-10(14)15)6-9(12)11(7)13/h5-6H,2-4H2,1H3,(H,14,15). The average Bonchev–Trinajstić information content (AvgIpc) is 2.13. The van der Waals surface area contributed by atoms with Crippen LogP contribution in [0.5, 0.6) is 0 Å². The topological polar surface area (TPSA) is 37.3 Å². The fraction of sp³-hybridized carbons (Fsp3) is 0.364. The second-order valence-corrected chi connectivity index (χ2v) is 3.46. The highest BCUT2D eigenvalue weighted by atomic mass is 19.2. The summed E-state index contributed by atoms with van der Waals surface area (Å²) in [6.45, 7) is 1.49. The Morgan fingerprint density at radius 1 is 1.40 bits per heavy atom. The molecule has 1 rings (SSSR count). The van der Waals surface area contributed by atoms with Crippen molar-refractivity contribution in [3.8, 4) is 0 Å². The summed E-state index contributed by atoms with van der Waals surface area (Å²) in [5.41, 5.74) is 0.882. The van der Waals surface area contributed by atoms with Crippen molar-refractivity contribution in [3.63, 3.8) is 0 Å². The lowest BCUT2D eigenvalue weighted by Crippen LogP contribution is -1.98. The number of aryl methyl sites for hydroxylation is 2. The second-order valence-electron chi connectivity index (χ2n) is 3.46. The monoisotopic (exact) mass is 214 g/mol. The van der Waals surface area contributed by atoms with Crippen molar-refractivity contribution >= 4 is 5.97 Å². The molecule has 15 heavy (non-hydrogen) atoms. The molecule has 0 saturated heterocycles. The summed E-state index contributed by atoms with van der Waals surface area (Å²) in [6, 6.07) is 2.66. The van der Waals surface area contributed by atoms with Crippen LogP contribution in [0.25, 0.3) is 0 Å². The summed E-state index contributed by atoms with van der Waals surface area (Å²) in [7, 11) is 0. The number of benzene rings is 1. The lowest BCUT2D eigenvalue weighted by Gasteiger charge is -2.03. The number of carboxylic acid groups (broad SMARTS) is 1. The molecule has 0 unspecified atom stereocenters. The molecule has 0 radical (unpaired) electrons. The van der Waals surface area contributed by atoms with Crippen LogP contribution in [0.2, 0.25) is 0 Å². The van der Waals surface area contributed by atoms with Crippen molar-refractivity contribution in [1.29, 1.82) is 0 Å². The van der Waals surface area contributed by atoms with E-state index in [9.17, 15) is 13.6 Å². The molecular weight excluding hydrogens is 202 g/mol. The largest absolute Gasteiger partial charge is 0.481 e. The Hall–Kier alpha value is -1.45. The highest BCUT2D eigenvalue weighted by Gasteiger charge is 2.07. The Morgan fingerprint density at radius 3 is 2.60 bits per heavy atom. The van der Waals surface area contributed by atoms with Crippen molar-refractivity contribution in [2.24, 2.45) is 0 Å². The number of hydrogen-bond acceptors (Lipinski definition) is 1. The van der Waals surface area contributed by atoms with E-state index in [0.29, 0.717) is 18.4 Å². The minimum absolute atomic E-state index is 0.0397. The number of halogens is 2. The van der Waals surface area contributed by atoms with Gasteiger partial charge in [0.25, 0.3) is 0 Å². The van der Waals surface area contributed by atoms with Gasteiger partial charge in [-0.05, 0) is 37.0 Å². The minimum atomic E-state index is -0.880. The molecule has 0 amide bonds. The zero-order chi connectivity index (χ0) is 11.4. The molecule has 1 aromatic carbocycles. The molecule has 0 heterocycles. The molecule has 0 atom stereocenters. The van der Waals surface area contributed by atoms with E-state index in [1.807, 2.05) is 0 Å². The zero-order valence-electron chi connectivity index (χ0n) is 8.39. The summed E-state index contributed by atoms with van der Waals surface area (Å²) in [5.74, 6) is -2.59. The van der Waals surface area contributed by atoms with Crippen molar-refractivity contribution in [3.05, 3.63) is 34.9 Å². The fourth-order valence-electron chi connectivity index (χ4n) is 1.39. The second kappa shape index (κ2) is 4.87. The van der Waals surface area contributed by atoms with Crippen LogP contribution in [0.4, 0.5) is 8.78 Å². The van der Waals surface area contributed by atoms with Gasteiger partial charge >= 0.3 is 5.97 Å². The van der Waals surface area contributed by atoms with Crippen molar-refractivity contribution in [2.75, 3.05) is 0 Å². The molecule has 1 aromatic rings. The maximum atomic E-state index is 12.9. The molecule has 0 bridgehead atoms. The van der Waals surface area contributed by atoms with Gasteiger partial charge in [0.1, 0.15) is 0 Å². The molecule has 0 saturated carbocycles. The van der Waals surface area contributed by atoms with E-state index in [1.165, 1.54) is 6.92 Å². The fourth-order valence-corrected chi connectivity index (χ4v) is 1.39. The molecule has 0 aliphatic rings. The van der Waals surface area contributed by atoms with Gasteiger partial charge in [0.05, 0.1) is 0 Å². The third-order valence-corrected chi connectivity index (χ3v) is 2.13. The first-order valence-corrected chi connectivity index (χ1v) is 4.67. The summed E-state index contributed by atoms with van der Waals surface area (Å²) in [4.78, 5) is 10.2. The molecule has 2 nitrogen and oxygen atoms in total. The van der Waals surface area contributed by atoms with E-state index >= 15 is 0 Å². The lowest BCUT2D eigenvalue weighted by molar-refractivity contribution is -0.137. The Kier molecular flexibility index (Phi) is 3.77. The summed E-state index contributed by atoms with van der Waals surface area (Å²) in [6.07, 6.45) is 0.919. The van der Waals surface area contributed by atoms with Gasteiger partial charge in [0, 0.05) is 6.42 Å². The minimum Gasteiger partial charge on any atom is -0.481 e. The van der Waals surface area contributed by atoms with E-state index in [4.69, 9.17) is 5.11 Å². The Morgan fingerprint density at radius 2 is 2.07 bits per heavy atom. The average molecular weight is 214 g/mol. The predicted molar refractivity (Wildman–Crippen MR) is 51.7 cm³/mol. The van der Waals surface area contributed by atoms with Crippen LogP contribution in [0, 0.1) is 18.6 Å². The molecule has 1 N–H and O–H groups in total. The zero-order valence-corrected chi connectivity index (χ0v) is 8.39.